The summed E-state index contributed by atoms with van der Waals surface area (Å²) in [6.07, 6.45) is 0.529. The molecule has 2 amide bonds. The monoisotopic (exact) mass is 452 g/mol. The molecule has 0 heterocycles. The molecule has 0 radical (unpaired) electrons. The van der Waals surface area contributed by atoms with Crippen LogP contribution in [0, 0.1) is 5.82 Å². The van der Waals surface area contributed by atoms with E-state index in [1.165, 1.54) is 42.1 Å². The molecule has 1 atom stereocenters. The first-order chi connectivity index (χ1) is 15.4. The molecule has 1 unspecified atom stereocenters. The van der Waals surface area contributed by atoms with Crippen molar-refractivity contribution in [3.05, 3.63) is 89.7 Å². The summed E-state index contributed by atoms with van der Waals surface area (Å²) in [6.45, 7) is 1.87. The van der Waals surface area contributed by atoms with E-state index in [1.54, 1.807) is 36.4 Å². The van der Waals surface area contributed by atoms with Gasteiger partial charge in [0.25, 0.3) is 5.91 Å². The van der Waals surface area contributed by atoms with E-state index in [4.69, 9.17) is 5.11 Å². The number of rotatable bonds is 8. The summed E-state index contributed by atoms with van der Waals surface area (Å²) in [7, 11) is 0. The Labute approximate surface area is 188 Å². The molecule has 0 spiro atoms. The number of carbonyl (C=O) groups is 3. The lowest BCUT2D eigenvalue weighted by atomic mass is 10.2. The van der Waals surface area contributed by atoms with E-state index in [0.717, 1.165) is 4.90 Å². The number of benzene rings is 3. The number of carboxylic acid groups (broad SMARTS) is 1. The quantitative estimate of drug-likeness (QED) is 0.404. The van der Waals surface area contributed by atoms with Gasteiger partial charge in [-0.05, 0) is 55.0 Å². The van der Waals surface area contributed by atoms with Gasteiger partial charge in [0.2, 0.25) is 5.91 Å². The van der Waals surface area contributed by atoms with E-state index in [0.29, 0.717) is 17.8 Å². The van der Waals surface area contributed by atoms with Crippen LogP contribution in [-0.4, -0.2) is 28.1 Å². The molecule has 0 saturated heterocycles. The van der Waals surface area contributed by atoms with Gasteiger partial charge in [-0.1, -0.05) is 31.2 Å². The maximum atomic E-state index is 13.8. The molecule has 0 aliphatic carbocycles. The fourth-order valence-electron chi connectivity index (χ4n) is 2.93. The number of anilines is 2. The van der Waals surface area contributed by atoms with Crippen molar-refractivity contribution in [2.75, 3.05) is 10.6 Å². The van der Waals surface area contributed by atoms with Crippen molar-refractivity contribution in [3.63, 3.8) is 0 Å². The van der Waals surface area contributed by atoms with Crippen molar-refractivity contribution >= 4 is 40.9 Å². The molecule has 0 fully saturated rings. The molecular weight excluding hydrogens is 431 g/mol. The highest BCUT2D eigenvalue weighted by molar-refractivity contribution is 8.00. The minimum Gasteiger partial charge on any atom is -0.478 e. The number of carboxylic acids is 1. The molecule has 0 saturated carbocycles. The summed E-state index contributed by atoms with van der Waals surface area (Å²) < 4.78 is 13.8. The number of hydrogen-bond acceptors (Lipinski definition) is 4. The van der Waals surface area contributed by atoms with E-state index >= 15 is 0 Å². The van der Waals surface area contributed by atoms with Gasteiger partial charge in [0.1, 0.15) is 5.82 Å². The van der Waals surface area contributed by atoms with Crippen LogP contribution in [0.15, 0.2) is 77.7 Å². The number of halogens is 1. The minimum absolute atomic E-state index is 0.0556. The Hall–Kier alpha value is -3.65. The standard InChI is InChI=1S/C24H21FN2O4S/c1-2-21(23(29)27-16-8-5-7-15(13-16)24(30)31)32-18-10-6-9-17(14-18)26-22(28)19-11-3-4-12-20(19)25/h3-14,21H,2H2,1H3,(H,26,28)(H,27,29)(H,30,31). The fraction of sp³-hybridized carbons (Fsp3) is 0.125. The van der Waals surface area contributed by atoms with Gasteiger partial charge in [-0.25, -0.2) is 9.18 Å². The largest absolute Gasteiger partial charge is 0.478 e. The lowest BCUT2D eigenvalue weighted by molar-refractivity contribution is -0.115. The first-order valence-electron chi connectivity index (χ1n) is 9.84. The van der Waals surface area contributed by atoms with E-state index in [1.807, 2.05) is 13.0 Å². The molecule has 0 bridgehead atoms. The van der Waals surface area contributed by atoms with Crippen LogP contribution in [0.3, 0.4) is 0 Å². The van der Waals surface area contributed by atoms with Crippen LogP contribution >= 0.6 is 11.8 Å². The molecule has 3 rings (SSSR count). The van der Waals surface area contributed by atoms with Crippen LogP contribution in [0.2, 0.25) is 0 Å². The molecule has 0 aliphatic rings. The zero-order chi connectivity index (χ0) is 23.1. The molecule has 32 heavy (non-hydrogen) atoms. The average Bonchev–Trinajstić information content (AvgIpc) is 2.78. The lowest BCUT2D eigenvalue weighted by Gasteiger charge is -2.16. The fourth-order valence-corrected chi connectivity index (χ4v) is 3.94. The summed E-state index contributed by atoms with van der Waals surface area (Å²) >= 11 is 1.31. The van der Waals surface area contributed by atoms with Crippen molar-refractivity contribution in [2.45, 2.75) is 23.5 Å². The van der Waals surface area contributed by atoms with Gasteiger partial charge >= 0.3 is 5.97 Å². The van der Waals surface area contributed by atoms with Crippen molar-refractivity contribution in [1.29, 1.82) is 0 Å². The first kappa shape index (κ1) is 23.0. The number of aromatic carboxylic acids is 1. The Morgan fingerprint density at radius 1 is 0.938 bits per heavy atom. The third kappa shape index (κ3) is 5.95. The molecule has 164 valence electrons. The van der Waals surface area contributed by atoms with E-state index < -0.39 is 22.9 Å². The SMILES string of the molecule is CCC(Sc1cccc(NC(=O)c2ccccc2F)c1)C(=O)Nc1cccc(C(=O)O)c1. The third-order valence-electron chi connectivity index (χ3n) is 4.53. The third-order valence-corrected chi connectivity index (χ3v) is 5.89. The number of amides is 2. The van der Waals surface area contributed by atoms with Crippen molar-refractivity contribution < 1.29 is 23.9 Å². The summed E-state index contributed by atoms with van der Waals surface area (Å²) in [5.74, 6) is -2.50. The topological polar surface area (TPSA) is 95.5 Å². The summed E-state index contributed by atoms with van der Waals surface area (Å²) in [5, 5.41) is 14.1. The van der Waals surface area contributed by atoms with Crippen molar-refractivity contribution in [3.8, 4) is 0 Å². The molecule has 0 aromatic heterocycles. The normalized spacial score (nSPS) is 11.4. The van der Waals surface area contributed by atoms with Gasteiger partial charge in [0.05, 0.1) is 16.4 Å². The van der Waals surface area contributed by atoms with Crippen LogP contribution in [0.1, 0.15) is 34.1 Å². The van der Waals surface area contributed by atoms with Gasteiger partial charge in [-0.3, -0.25) is 9.59 Å². The number of nitrogens with one attached hydrogen (secondary N) is 2. The van der Waals surface area contributed by atoms with Gasteiger partial charge in [-0.15, -0.1) is 11.8 Å². The lowest BCUT2D eigenvalue weighted by Crippen LogP contribution is -2.24. The number of hydrogen-bond donors (Lipinski definition) is 3. The highest BCUT2D eigenvalue weighted by atomic mass is 32.2. The first-order valence-corrected chi connectivity index (χ1v) is 10.7. The predicted octanol–water partition coefficient (Wildman–Crippen LogP) is 5.29. The second-order valence-electron chi connectivity index (χ2n) is 6.85. The second-order valence-corrected chi connectivity index (χ2v) is 8.13. The highest BCUT2D eigenvalue weighted by Crippen LogP contribution is 2.29. The Kier molecular flexibility index (Phi) is 7.62. The van der Waals surface area contributed by atoms with Crippen LogP contribution in [0.4, 0.5) is 15.8 Å². The van der Waals surface area contributed by atoms with E-state index in [9.17, 15) is 18.8 Å². The Morgan fingerprint density at radius 3 is 2.31 bits per heavy atom. The molecule has 3 N–H and O–H groups in total. The van der Waals surface area contributed by atoms with Crippen LogP contribution in [0.5, 0.6) is 0 Å². The Morgan fingerprint density at radius 2 is 1.62 bits per heavy atom. The average molecular weight is 453 g/mol. The summed E-state index contributed by atoms with van der Waals surface area (Å²) in [5.41, 5.74) is 0.911. The van der Waals surface area contributed by atoms with Gasteiger partial charge < -0.3 is 15.7 Å². The van der Waals surface area contributed by atoms with Crippen molar-refractivity contribution in [1.82, 2.24) is 0 Å². The smallest absolute Gasteiger partial charge is 0.335 e. The zero-order valence-electron chi connectivity index (χ0n) is 17.2. The number of thioether (sulfide) groups is 1. The zero-order valence-corrected chi connectivity index (χ0v) is 18.0. The Balaban J connectivity index is 1.68. The van der Waals surface area contributed by atoms with Crippen LogP contribution in [0.25, 0.3) is 0 Å². The highest BCUT2D eigenvalue weighted by Gasteiger charge is 2.19. The molecule has 3 aromatic rings. The summed E-state index contributed by atoms with van der Waals surface area (Å²) in [4.78, 5) is 36.9. The predicted molar refractivity (Wildman–Crippen MR) is 123 cm³/mol. The minimum atomic E-state index is -1.07. The van der Waals surface area contributed by atoms with Crippen LogP contribution in [-0.2, 0) is 4.79 Å². The van der Waals surface area contributed by atoms with Crippen molar-refractivity contribution in [2.24, 2.45) is 0 Å². The Bertz CT molecular complexity index is 1150. The van der Waals surface area contributed by atoms with E-state index in [-0.39, 0.29) is 17.0 Å². The molecule has 6 nitrogen and oxygen atoms in total. The maximum absolute atomic E-state index is 13.8. The number of carbonyl (C=O) groups excluding carboxylic acids is 2. The van der Waals surface area contributed by atoms with Crippen LogP contribution < -0.4 is 10.6 Å². The molecule has 8 heteroatoms. The molecule has 3 aromatic carbocycles. The van der Waals surface area contributed by atoms with Gasteiger partial charge in [-0.2, -0.15) is 0 Å². The molecular formula is C24H21FN2O4S. The van der Waals surface area contributed by atoms with E-state index in [2.05, 4.69) is 10.6 Å². The second kappa shape index (κ2) is 10.6. The van der Waals surface area contributed by atoms with Gasteiger partial charge in [0, 0.05) is 16.3 Å². The van der Waals surface area contributed by atoms with Gasteiger partial charge in [0.15, 0.2) is 0 Å². The maximum Gasteiger partial charge on any atom is 0.335 e. The summed E-state index contributed by atoms with van der Waals surface area (Å²) in [6, 6.07) is 18.7. The molecule has 0 aliphatic heterocycles.